The summed E-state index contributed by atoms with van der Waals surface area (Å²) in [5, 5.41) is 18.3. The van der Waals surface area contributed by atoms with Gasteiger partial charge in [-0.1, -0.05) is 0 Å². The Balaban J connectivity index is 2.28. The quantitative estimate of drug-likeness (QED) is 0.763. The summed E-state index contributed by atoms with van der Waals surface area (Å²) in [6.45, 7) is 0. The predicted molar refractivity (Wildman–Crippen MR) is 73.1 cm³/mol. The maximum Gasteiger partial charge on any atom is 0.181 e. The minimum Gasteiger partial charge on any atom is -0.495 e. The zero-order valence-electron chi connectivity index (χ0n) is 11.0. The lowest BCUT2D eigenvalue weighted by atomic mass is 10.0. The molecule has 21 heavy (non-hydrogen) atoms. The van der Waals surface area contributed by atoms with Crippen molar-refractivity contribution in [3.63, 3.8) is 0 Å². The highest BCUT2D eigenvalue weighted by Crippen LogP contribution is 2.33. The van der Waals surface area contributed by atoms with Crippen LogP contribution in [-0.2, 0) is 0 Å². The van der Waals surface area contributed by atoms with Crippen LogP contribution in [0.15, 0.2) is 24.7 Å². The van der Waals surface area contributed by atoms with E-state index >= 15 is 0 Å². The number of benzene rings is 1. The number of nitriles is 2. The van der Waals surface area contributed by atoms with Gasteiger partial charge in [0.1, 0.15) is 41.1 Å². The molecule has 3 rings (SSSR count). The smallest absolute Gasteiger partial charge is 0.181 e. The molecule has 0 aliphatic carbocycles. The van der Waals surface area contributed by atoms with E-state index < -0.39 is 0 Å². The van der Waals surface area contributed by atoms with Crippen LogP contribution in [0.2, 0.25) is 0 Å². The first kappa shape index (κ1) is 12.6. The Bertz CT molecular complexity index is 882. The number of aromatic nitrogens is 4. The van der Waals surface area contributed by atoms with E-state index in [0.717, 1.165) is 0 Å². The van der Waals surface area contributed by atoms with E-state index in [4.69, 9.17) is 10.00 Å². The fourth-order valence-corrected chi connectivity index (χ4v) is 2.07. The fourth-order valence-electron chi connectivity index (χ4n) is 2.07. The van der Waals surface area contributed by atoms with Gasteiger partial charge in [-0.15, -0.1) is 0 Å². The summed E-state index contributed by atoms with van der Waals surface area (Å²) in [6, 6.07) is 7.21. The highest BCUT2D eigenvalue weighted by Gasteiger charge is 2.18. The lowest BCUT2D eigenvalue weighted by Crippen LogP contribution is -1.96. The van der Waals surface area contributed by atoms with Crippen molar-refractivity contribution in [2.24, 2.45) is 0 Å². The topological polar surface area (TPSA) is 111 Å². The monoisotopic (exact) mass is 276 g/mol. The third-order valence-electron chi connectivity index (χ3n) is 3.01. The highest BCUT2D eigenvalue weighted by molar-refractivity contribution is 5.79. The summed E-state index contributed by atoms with van der Waals surface area (Å²) in [6.07, 6.45) is 3.02. The third-order valence-corrected chi connectivity index (χ3v) is 3.01. The Morgan fingerprint density at radius 2 is 2.10 bits per heavy atom. The van der Waals surface area contributed by atoms with Crippen LogP contribution in [0.4, 0.5) is 0 Å². The standard InChI is InChI=1S/C14H8N6O/c1-21-12-9(3-2-8(4-15)10(12)5-16)13-19-11-6-17-7-18-14(11)20-13/h2-3,6-7H,1H3,(H,17,18,19,20). The average molecular weight is 276 g/mol. The highest BCUT2D eigenvalue weighted by atomic mass is 16.5. The molecule has 0 aliphatic heterocycles. The van der Waals surface area contributed by atoms with Crippen LogP contribution in [0.5, 0.6) is 5.75 Å². The van der Waals surface area contributed by atoms with Crippen LogP contribution in [0.25, 0.3) is 22.6 Å². The maximum absolute atomic E-state index is 9.24. The van der Waals surface area contributed by atoms with Gasteiger partial charge in [0.25, 0.3) is 0 Å². The van der Waals surface area contributed by atoms with Gasteiger partial charge in [0.2, 0.25) is 0 Å². The van der Waals surface area contributed by atoms with E-state index in [1.54, 1.807) is 18.3 Å². The Hall–Kier alpha value is -3.45. The number of rotatable bonds is 2. The second-order valence-corrected chi connectivity index (χ2v) is 4.14. The average Bonchev–Trinajstić information content (AvgIpc) is 2.96. The first-order valence-electron chi connectivity index (χ1n) is 5.95. The first-order chi connectivity index (χ1) is 10.3. The molecule has 0 saturated carbocycles. The molecule has 1 aromatic carbocycles. The number of nitrogens with one attached hydrogen (secondary N) is 1. The van der Waals surface area contributed by atoms with Gasteiger partial charge in [-0.3, -0.25) is 0 Å². The van der Waals surface area contributed by atoms with E-state index in [-0.39, 0.29) is 11.1 Å². The maximum atomic E-state index is 9.24. The summed E-state index contributed by atoms with van der Waals surface area (Å²) in [5.41, 5.74) is 2.23. The van der Waals surface area contributed by atoms with Crippen molar-refractivity contribution in [1.29, 1.82) is 10.5 Å². The Morgan fingerprint density at radius 3 is 2.76 bits per heavy atom. The summed E-state index contributed by atoms with van der Waals surface area (Å²) < 4.78 is 5.29. The van der Waals surface area contributed by atoms with Gasteiger partial charge in [0, 0.05) is 0 Å². The third kappa shape index (κ3) is 1.94. The van der Waals surface area contributed by atoms with E-state index in [2.05, 4.69) is 19.9 Å². The van der Waals surface area contributed by atoms with Crippen molar-refractivity contribution in [3.05, 3.63) is 35.8 Å². The van der Waals surface area contributed by atoms with Crippen molar-refractivity contribution in [2.45, 2.75) is 0 Å². The molecule has 0 aliphatic rings. The molecule has 3 aromatic rings. The molecule has 7 heteroatoms. The van der Waals surface area contributed by atoms with Gasteiger partial charge >= 0.3 is 0 Å². The van der Waals surface area contributed by atoms with Gasteiger partial charge in [0.15, 0.2) is 5.65 Å². The van der Waals surface area contributed by atoms with Gasteiger partial charge in [-0.05, 0) is 12.1 Å². The van der Waals surface area contributed by atoms with E-state index in [1.165, 1.54) is 13.4 Å². The SMILES string of the molecule is COc1c(-c2nc3ncncc3[nH]2)ccc(C#N)c1C#N. The normalized spacial score (nSPS) is 10.0. The fraction of sp³-hybridized carbons (Fsp3) is 0.0714. The summed E-state index contributed by atoms with van der Waals surface area (Å²) in [4.78, 5) is 15.4. The van der Waals surface area contributed by atoms with Gasteiger partial charge < -0.3 is 9.72 Å². The van der Waals surface area contributed by atoms with E-state index in [1.807, 2.05) is 12.1 Å². The molecule has 2 aromatic heterocycles. The summed E-state index contributed by atoms with van der Waals surface area (Å²) >= 11 is 0. The van der Waals surface area contributed by atoms with Crippen LogP contribution in [-0.4, -0.2) is 27.0 Å². The number of aromatic amines is 1. The number of nitrogens with zero attached hydrogens (tertiary/aromatic N) is 5. The Kier molecular flexibility index (Phi) is 2.94. The second kappa shape index (κ2) is 4.91. The zero-order chi connectivity index (χ0) is 14.8. The Morgan fingerprint density at radius 1 is 1.24 bits per heavy atom. The van der Waals surface area contributed by atoms with Crippen molar-refractivity contribution in [1.82, 2.24) is 19.9 Å². The zero-order valence-corrected chi connectivity index (χ0v) is 11.0. The molecule has 0 unspecified atom stereocenters. The molecule has 7 nitrogen and oxygen atoms in total. The number of fused-ring (bicyclic) bond motifs is 1. The van der Waals surface area contributed by atoms with Gasteiger partial charge in [0.05, 0.1) is 24.4 Å². The summed E-state index contributed by atoms with van der Waals surface area (Å²) in [5.74, 6) is 0.812. The van der Waals surface area contributed by atoms with Crippen LogP contribution in [0.1, 0.15) is 11.1 Å². The molecular formula is C14H8N6O. The predicted octanol–water partition coefficient (Wildman–Crippen LogP) is 1.77. The lowest BCUT2D eigenvalue weighted by Gasteiger charge is -2.08. The molecule has 0 fully saturated rings. The molecule has 0 amide bonds. The molecule has 2 heterocycles. The molecule has 0 saturated heterocycles. The molecule has 0 radical (unpaired) electrons. The van der Waals surface area contributed by atoms with Crippen LogP contribution >= 0.6 is 0 Å². The van der Waals surface area contributed by atoms with Crippen molar-refractivity contribution >= 4 is 11.2 Å². The van der Waals surface area contributed by atoms with E-state index in [9.17, 15) is 5.26 Å². The van der Waals surface area contributed by atoms with E-state index in [0.29, 0.717) is 28.3 Å². The van der Waals surface area contributed by atoms with Gasteiger partial charge in [-0.25, -0.2) is 15.0 Å². The molecule has 0 spiro atoms. The molecule has 0 bridgehead atoms. The number of hydrogen-bond donors (Lipinski definition) is 1. The number of imidazole rings is 1. The number of methoxy groups -OCH3 is 1. The van der Waals surface area contributed by atoms with Crippen molar-refractivity contribution in [3.8, 4) is 29.3 Å². The number of ether oxygens (including phenoxy) is 1. The van der Waals surface area contributed by atoms with Crippen molar-refractivity contribution < 1.29 is 4.74 Å². The summed E-state index contributed by atoms with van der Waals surface area (Å²) in [7, 11) is 1.45. The Labute approximate surface area is 119 Å². The molecular weight excluding hydrogens is 268 g/mol. The number of H-pyrrole nitrogens is 1. The van der Waals surface area contributed by atoms with Crippen LogP contribution < -0.4 is 4.74 Å². The minimum atomic E-state index is 0.184. The van der Waals surface area contributed by atoms with Crippen LogP contribution in [0.3, 0.4) is 0 Å². The van der Waals surface area contributed by atoms with Crippen LogP contribution in [0, 0.1) is 22.7 Å². The first-order valence-corrected chi connectivity index (χ1v) is 5.95. The molecule has 1 N–H and O–H groups in total. The van der Waals surface area contributed by atoms with Gasteiger partial charge in [-0.2, -0.15) is 10.5 Å². The van der Waals surface area contributed by atoms with Crippen molar-refractivity contribution in [2.75, 3.05) is 7.11 Å². The number of hydrogen-bond acceptors (Lipinski definition) is 6. The largest absolute Gasteiger partial charge is 0.495 e. The molecule has 0 atom stereocenters. The lowest BCUT2D eigenvalue weighted by molar-refractivity contribution is 0.414. The minimum absolute atomic E-state index is 0.184. The molecule has 100 valence electrons. The second-order valence-electron chi connectivity index (χ2n) is 4.14.